The predicted molar refractivity (Wildman–Crippen MR) is 112 cm³/mol. The van der Waals surface area contributed by atoms with Crippen molar-refractivity contribution in [2.24, 2.45) is 0 Å². The molecule has 8 heteroatoms. The van der Waals surface area contributed by atoms with E-state index < -0.39 is 23.6 Å². The molecule has 31 heavy (non-hydrogen) atoms. The van der Waals surface area contributed by atoms with Crippen LogP contribution in [-0.4, -0.2) is 48.0 Å². The van der Waals surface area contributed by atoms with Crippen molar-refractivity contribution in [1.29, 1.82) is 0 Å². The Kier molecular flexibility index (Phi) is 5.26. The van der Waals surface area contributed by atoms with Crippen molar-refractivity contribution < 1.29 is 28.9 Å². The van der Waals surface area contributed by atoms with E-state index in [1.54, 1.807) is 25.1 Å². The molecule has 2 aliphatic heterocycles. The smallest absolute Gasteiger partial charge is 0.325 e. The van der Waals surface area contributed by atoms with E-state index in [1.807, 2.05) is 32.9 Å². The maximum absolute atomic E-state index is 13.1. The molecule has 2 atom stereocenters. The van der Waals surface area contributed by atoms with E-state index in [0.717, 1.165) is 21.6 Å². The molecule has 164 valence electrons. The zero-order valence-corrected chi connectivity index (χ0v) is 18.0. The fraction of sp³-hybridized carbons (Fsp3) is 0.391. The number of hydrogen-bond acceptors (Lipinski definition) is 6. The number of nitrogens with zero attached hydrogens (tertiary/aromatic N) is 1. The number of rotatable bonds is 6. The summed E-state index contributed by atoms with van der Waals surface area (Å²) in [6, 6.07) is 8.52. The quantitative estimate of drug-likeness (QED) is 0.689. The molecule has 2 aliphatic rings. The molecule has 2 aromatic rings. The third kappa shape index (κ3) is 3.67. The SMILES string of the molecule is Cc1ccc(C)c(OC[C@H](O)CN2C(=O)N[C@](C)(c3ccc4c(c3)OCO4)C2=O)c1C. The Bertz CT molecular complexity index is 1050. The van der Waals surface area contributed by atoms with Gasteiger partial charge < -0.3 is 24.6 Å². The minimum absolute atomic E-state index is 0.0388. The Labute approximate surface area is 180 Å². The Morgan fingerprint density at radius 1 is 1.13 bits per heavy atom. The van der Waals surface area contributed by atoms with E-state index in [9.17, 15) is 14.7 Å². The lowest BCUT2D eigenvalue weighted by Gasteiger charge is -2.23. The van der Waals surface area contributed by atoms with Crippen molar-refractivity contribution in [3.8, 4) is 17.2 Å². The first-order chi connectivity index (χ1) is 14.7. The molecule has 0 aromatic heterocycles. The van der Waals surface area contributed by atoms with E-state index in [1.165, 1.54) is 0 Å². The van der Waals surface area contributed by atoms with Crippen molar-refractivity contribution in [3.05, 3.63) is 52.6 Å². The lowest BCUT2D eigenvalue weighted by Crippen LogP contribution is -2.42. The van der Waals surface area contributed by atoms with Crippen molar-refractivity contribution in [1.82, 2.24) is 10.2 Å². The summed E-state index contributed by atoms with van der Waals surface area (Å²) >= 11 is 0. The summed E-state index contributed by atoms with van der Waals surface area (Å²) in [5.74, 6) is 1.38. The molecule has 4 rings (SSSR count). The standard InChI is InChI=1S/C23H26N2O6/c1-13-5-6-14(2)20(15(13)3)29-11-17(26)10-25-21(27)23(4,24-22(25)28)16-7-8-18-19(9-16)31-12-30-18/h5-9,17,26H,10-12H2,1-4H3,(H,24,28)/t17-,23-/m1/s1. The van der Waals surface area contributed by atoms with Crippen LogP contribution in [0, 0.1) is 20.8 Å². The lowest BCUT2D eigenvalue weighted by molar-refractivity contribution is -0.132. The molecule has 2 heterocycles. The number of fused-ring (bicyclic) bond motifs is 1. The molecule has 8 nitrogen and oxygen atoms in total. The lowest BCUT2D eigenvalue weighted by atomic mass is 9.91. The molecule has 0 saturated carbocycles. The first-order valence-corrected chi connectivity index (χ1v) is 10.1. The van der Waals surface area contributed by atoms with Gasteiger partial charge in [0.15, 0.2) is 11.5 Å². The highest BCUT2D eigenvalue weighted by Gasteiger charge is 2.49. The van der Waals surface area contributed by atoms with Crippen LogP contribution >= 0.6 is 0 Å². The second-order valence-corrected chi connectivity index (χ2v) is 8.16. The first-order valence-electron chi connectivity index (χ1n) is 10.1. The van der Waals surface area contributed by atoms with Crippen LogP contribution in [0.5, 0.6) is 17.2 Å². The van der Waals surface area contributed by atoms with Crippen LogP contribution in [0.1, 0.15) is 29.2 Å². The van der Waals surface area contributed by atoms with Crippen LogP contribution in [0.4, 0.5) is 4.79 Å². The van der Waals surface area contributed by atoms with Gasteiger partial charge in [0.25, 0.3) is 5.91 Å². The summed E-state index contributed by atoms with van der Waals surface area (Å²) in [4.78, 5) is 26.7. The monoisotopic (exact) mass is 426 g/mol. The second kappa shape index (κ2) is 7.77. The van der Waals surface area contributed by atoms with Gasteiger partial charge in [0.05, 0.1) is 6.54 Å². The van der Waals surface area contributed by atoms with Gasteiger partial charge in [0, 0.05) is 0 Å². The van der Waals surface area contributed by atoms with Gasteiger partial charge >= 0.3 is 6.03 Å². The number of nitrogens with one attached hydrogen (secondary N) is 1. The highest BCUT2D eigenvalue weighted by molar-refractivity contribution is 6.07. The highest BCUT2D eigenvalue weighted by Crippen LogP contribution is 2.38. The molecule has 0 unspecified atom stereocenters. The number of carbonyl (C=O) groups excluding carboxylic acids is 2. The van der Waals surface area contributed by atoms with Crippen LogP contribution in [0.25, 0.3) is 0 Å². The van der Waals surface area contributed by atoms with Crippen LogP contribution in [0.15, 0.2) is 30.3 Å². The second-order valence-electron chi connectivity index (χ2n) is 8.16. The van der Waals surface area contributed by atoms with Gasteiger partial charge in [-0.05, 0) is 62.1 Å². The number of amides is 3. The zero-order valence-electron chi connectivity index (χ0n) is 18.0. The first kappa shape index (κ1) is 21.0. The van der Waals surface area contributed by atoms with Crippen LogP contribution in [0.2, 0.25) is 0 Å². The molecular weight excluding hydrogens is 400 g/mol. The van der Waals surface area contributed by atoms with Crippen LogP contribution in [-0.2, 0) is 10.3 Å². The minimum atomic E-state index is -1.26. The van der Waals surface area contributed by atoms with Gasteiger partial charge in [-0.15, -0.1) is 0 Å². The Balaban J connectivity index is 1.45. The third-order valence-electron chi connectivity index (χ3n) is 5.91. The number of aliphatic hydroxyl groups is 1. The molecule has 3 amide bonds. The number of ether oxygens (including phenoxy) is 3. The maximum Gasteiger partial charge on any atom is 0.325 e. The highest BCUT2D eigenvalue weighted by atomic mass is 16.7. The Morgan fingerprint density at radius 2 is 1.84 bits per heavy atom. The van der Waals surface area contributed by atoms with Crippen molar-refractivity contribution >= 4 is 11.9 Å². The Hall–Kier alpha value is -3.26. The zero-order chi connectivity index (χ0) is 22.3. The summed E-state index contributed by atoms with van der Waals surface area (Å²) < 4.78 is 16.5. The third-order valence-corrected chi connectivity index (χ3v) is 5.91. The van der Waals surface area contributed by atoms with Gasteiger partial charge in [-0.3, -0.25) is 9.69 Å². The average molecular weight is 426 g/mol. The molecule has 0 aliphatic carbocycles. The van der Waals surface area contributed by atoms with Crippen molar-refractivity contribution in [2.45, 2.75) is 39.3 Å². The van der Waals surface area contributed by atoms with Gasteiger partial charge in [-0.2, -0.15) is 0 Å². The summed E-state index contributed by atoms with van der Waals surface area (Å²) in [5.41, 5.74) is 2.36. The fourth-order valence-electron chi connectivity index (χ4n) is 3.86. The van der Waals surface area contributed by atoms with E-state index in [0.29, 0.717) is 22.8 Å². The van der Waals surface area contributed by atoms with Gasteiger partial charge in [-0.25, -0.2) is 4.79 Å². The molecule has 2 N–H and O–H groups in total. The summed E-state index contributed by atoms with van der Waals surface area (Å²) in [7, 11) is 0. The van der Waals surface area contributed by atoms with E-state index in [4.69, 9.17) is 14.2 Å². The normalized spacial score (nSPS) is 20.7. The molecule has 1 fully saturated rings. The molecule has 0 bridgehead atoms. The topological polar surface area (TPSA) is 97.3 Å². The predicted octanol–water partition coefficient (Wildman–Crippen LogP) is 2.55. The summed E-state index contributed by atoms with van der Waals surface area (Å²) in [6.07, 6.45) is -1.03. The number of carbonyl (C=O) groups is 2. The molecule has 0 radical (unpaired) electrons. The minimum Gasteiger partial charge on any atom is -0.490 e. The van der Waals surface area contributed by atoms with Crippen molar-refractivity contribution in [3.63, 3.8) is 0 Å². The average Bonchev–Trinajstić information content (AvgIpc) is 3.29. The number of imide groups is 1. The van der Waals surface area contributed by atoms with E-state index in [2.05, 4.69) is 5.32 Å². The van der Waals surface area contributed by atoms with Gasteiger partial charge in [-0.1, -0.05) is 18.2 Å². The number of aryl methyl sites for hydroxylation is 2. The van der Waals surface area contributed by atoms with E-state index >= 15 is 0 Å². The van der Waals surface area contributed by atoms with Crippen LogP contribution in [0.3, 0.4) is 0 Å². The number of β-amino-alcohol motifs (C(OH)–C–C–N with tert-alkyl or cyclic N) is 1. The fourth-order valence-corrected chi connectivity index (χ4v) is 3.86. The molecular formula is C23H26N2O6. The van der Waals surface area contributed by atoms with Crippen LogP contribution < -0.4 is 19.5 Å². The maximum atomic E-state index is 13.1. The molecule has 1 saturated heterocycles. The Morgan fingerprint density at radius 3 is 2.61 bits per heavy atom. The van der Waals surface area contributed by atoms with Gasteiger partial charge in [0.2, 0.25) is 6.79 Å². The number of benzene rings is 2. The molecule has 2 aromatic carbocycles. The summed E-state index contributed by atoms with van der Waals surface area (Å²) in [5, 5.41) is 13.2. The van der Waals surface area contributed by atoms with Gasteiger partial charge in [0.1, 0.15) is 24.0 Å². The largest absolute Gasteiger partial charge is 0.490 e. The summed E-state index contributed by atoms with van der Waals surface area (Å²) in [6.45, 7) is 7.42. The van der Waals surface area contributed by atoms with Crippen molar-refractivity contribution in [2.75, 3.05) is 19.9 Å². The number of aliphatic hydroxyl groups excluding tert-OH is 1. The molecule has 0 spiro atoms. The number of urea groups is 1. The number of hydrogen-bond donors (Lipinski definition) is 2. The van der Waals surface area contributed by atoms with E-state index in [-0.39, 0.29) is 19.9 Å².